The van der Waals surface area contributed by atoms with Crippen LogP contribution < -0.4 is 0 Å². The third-order valence-electron chi connectivity index (χ3n) is 2.04. The Balaban J connectivity index is 1.79. The first-order chi connectivity index (χ1) is 8.75. The minimum absolute atomic E-state index is 0.299. The molecule has 0 aliphatic carbocycles. The molecule has 0 aliphatic rings. The molecule has 0 fully saturated rings. The molecule has 0 spiro atoms. The van der Waals surface area contributed by atoms with Crippen LogP contribution in [0, 0.1) is 0 Å². The molecule has 0 saturated carbocycles. The maximum Gasteiger partial charge on any atom is 0.424 e. The molecule has 0 aliphatic heterocycles. The summed E-state index contributed by atoms with van der Waals surface area (Å²) in [6, 6.07) is 9.50. The first-order valence-corrected chi connectivity index (χ1v) is 7.17. The third kappa shape index (κ3) is 3.81. The molecule has 94 valence electrons. The summed E-state index contributed by atoms with van der Waals surface area (Å²) >= 11 is 5.81. The van der Waals surface area contributed by atoms with Crippen molar-refractivity contribution >= 4 is 25.1 Å². The van der Waals surface area contributed by atoms with Crippen LogP contribution in [0.5, 0.6) is 0 Å². The lowest BCUT2D eigenvalue weighted by Crippen LogP contribution is -2.08. The number of hydrogen-bond acceptors (Lipinski definition) is 4. The fourth-order valence-corrected chi connectivity index (χ4v) is 2.05. The smallest absolute Gasteiger partial charge is 0.386 e. The molecule has 0 radical (unpaired) electrons. The first-order valence-electron chi connectivity index (χ1n) is 5.09. The molecule has 0 saturated heterocycles. The Bertz CT molecular complexity index is 492. The predicted molar refractivity (Wildman–Crippen MR) is 68.1 cm³/mol. The van der Waals surface area contributed by atoms with Crippen LogP contribution in [0.2, 0.25) is 0 Å². The largest absolute Gasteiger partial charge is 0.424 e. The summed E-state index contributed by atoms with van der Waals surface area (Å²) in [4.78, 5) is 15.2. The van der Waals surface area contributed by atoms with E-state index in [4.69, 9.17) is 20.3 Å². The minimum Gasteiger partial charge on any atom is -0.386 e. The van der Waals surface area contributed by atoms with Gasteiger partial charge >= 0.3 is 13.8 Å². The van der Waals surface area contributed by atoms with Crippen molar-refractivity contribution in [3.63, 3.8) is 0 Å². The number of nitrogens with zero attached hydrogens (tertiary/aromatic N) is 2. The van der Waals surface area contributed by atoms with E-state index in [1.165, 1.54) is 23.3 Å². The molecule has 7 heteroatoms. The molecule has 0 amide bonds. The van der Waals surface area contributed by atoms with Gasteiger partial charge in [-0.05, 0) is 16.8 Å². The van der Waals surface area contributed by atoms with Gasteiger partial charge in [-0.3, -0.25) is 0 Å². The monoisotopic (exact) mass is 284 g/mol. The van der Waals surface area contributed by atoms with Gasteiger partial charge in [0.05, 0.1) is 6.61 Å². The lowest BCUT2D eigenvalue weighted by molar-refractivity contribution is 0.197. The van der Waals surface area contributed by atoms with E-state index in [0.29, 0.717) is 6.61 Å². The van der Waals surface area contributed by atoms with Crippen molar-refractivity contribution in [1.29, 1.82) is 0 Å². The standard InChI is InChI=1S/C11H10ClN2O3P/c12-18(16-8-10-4-2-1-3-5-10)17-11(15)14-7-6-13-9-14/h1-7,9H,8H2. The number of benzene rings is 1. The van der Waals surface area contributed by atoms with Gasteiger partial charge in [0, 0.05) is 12.4 Å². The summed E-state index contributed by atoms with van der Waals surface area (Å²) < 4.78 is 11.3. The third-order valence-corrected chi connectivity index (χ3v) is 3.17. The molecule has 2 aromatic rings. The van der Waals surface area contributed by atoms with Gasteiger partial charge in [-0.2, -0.15) is 0 Å². The Morgan fingerprint density at radius 2 is 2.17 bits per heavy atom. The molecule has 1 aromatic heterocycles. The molecular weight excluding hydrogens is 275 g/mol. The van der Waals surface area contributed by atoms with E-state index in [0.717, 1.165) is 5.56 Å². The Morgan fingerprint density at radius 1 is 1.39 bits per heavy atom. The Hall–Kier alpha value is -1.42. The van der Waals surface area contributed by atoms with Gasteiger partial charge < -0.3 is 9.05 Å². The van der Waals surface area contributed by atoms with Crippen LogP contribution in [0.15, 0.2) is 49.1 Å². The fraction of sp³-hybridized carbons (Fsp3) is 0.0909. The molecule has 0 N–H and O–H groups in total. The van der Waals surface area contributed by atoms with Gasteiger partial charge in [0.15, 0.2) is 0 Å². The van der Waals surface area contributed by atoms with E-state index in [9.17, 15) is 4.79 Å². The SMILES string of the molecule is O=C(OP(Cl)OCc1ccccc1)n1ccnc1. The molecule has 1 heterocycles. The maximum absolute atomic E-state index is 11.5. The Labute approximate surface area is 110 Å². The van der Waals surface area contributed by atoms with Crippen LogP contribution in [-0.2, 0) is 15.7 Å². The Morgan fingerprint density at radius 3 is 2.83 bits per heavy atom. The lowest BCUT2D eigenvalue weighted by Gasteiger charge is -2.10. The highest BCUT2D eigenvalue weighted by molar-refractivity contribution is 7.76. The number of imidazole rings is 1. The van der Waals surface area contributed by atoms with E-state index < -0.39 is 13.8 Å². The second-order valence-corrected chi connectivity index (χ2v) is 4.99. The van der Waals surface area contributed by atoms with Gasteiger partial charge in [-0.25, -0.2) is 14.3 Å². The number of aromatic nitrogens is 2. The molecule has 1 aromatic carbocycles. The average Bonchev–Trinajstić information content (AvgIpc) is 2.91. The summed E-state index contributed by atoms with van der Waals surface area (Å²) in [5.41, 5.74) is 0.962. The highest BCUT2D eigenvalue weighted by atomic mass is 35.7. The van der Waals surface area contributed by atoms with Crippen molar-refractivity contribution in [2.45, 2.75) is 6.61 Å². The highest BCUT2D eigenvalue weighted by Crippen LogP contribution is 2.44. The summed E-state index contributed by atoms with van der Waals surface area (Å²) in [5, 5.41) is 0. The second-order valence-electron chi connectivity index (χ2n) is 3.30. The molecule has 0 bridgehead atoms. The summed E-state index contributed by atoms with van der Waals surface area (Å²) in [6.07, 6.45) is 3.67. The van der Waals surface area contributed by atoms with E-state index in [1.807, 2.05) is 30.3 Å². The molecular formula is C11H10ClN2O3P. The predicted octanol–water partition coefficient (Wildman–Crippen LogP) is 3.55. The van der Waals surface area contributed by atoms with Crippen LogP contribution in [-0.4, -0.2) is 15.6 Å². The highest BCUT2D eigenvalue weighted by Gasteiger charge is 2.14. The molecule has 5 nitrogen and oxygen atoms in total. The number of carbonyl (C=O) groups excluding carboxylic acids is 1. The lowest BCUT2D eigenvalue weighted by atomic mass is 10.2. The number of hydrogen-bond donors (Lipinski definition) is 0. The van der Waals surface area contributed by atoms with Gasteiger partial charge in [-0.15, -0.1) is 0 Å². The molecule has 1 atom stereocenters. The van der Waals surface area contributed by atoms with Crippen molar-refractivity contribution in [3.05, 3.63) is 54.6 Å². The van der Waals surface area contributed by atoms with E-state index >= 15 is 0 Å². The number of rotatable bonds is 4. The van der Waals surface area contributed by atoms with Crippen molar-refractivity contribution in [2.75, 3.05) is 0 Å². The van der Waals surface area contributed by atoms with Crippen LogP contribution in [0.25, 0.3) is 0 Å². The second kappa shape index (κ2) is 6.50. The minimum atomic E-state index is -1.77. The first kappa shape index (κ1) is 13.0. The van der Waals surface area contributed by atoms with Crippen molar-refractivity contribution in [3.8, 4) is 0 Å². The topological polar surface area (TPSA) is 53.4 Å². The quantitative estimate of drug-likeness (QED) is 0.806. The molecule has 18 heavy (non-hydrogen) atoms. The van der Waals surface area contributed by atoms with Crippen LogP contribution >= 0.6 is 19.0 Å². The van der Waals surface area contributed by atoms with Crippen molar-refractivity contribution in [1.82, 2.24) is 9.55 Å². The van der Waals surface area contributed by atoms with E-state index in [-0.39, 0.29) is 0 Å². The fourth-order valence-electron chi connectivity index (χ4n) is 1.20. The molecule has 1 unspecified atom stereocenters. The number of carbonyl (C=O) groups is 1. The average molecular weight is 285 g/mol. The normalized spacial score (nSPS) is 12.1. The summed E-state index contributed by atoms with van der Waals surface area (Å²) in [5.74, 6) is 0. The Kier molecular flexibility index (Phi) is 4.70. The van der Waals surface area contributed by atoms with E-state index in [2.05, 4.69) is 4.98 Å². The van der Waals surface area contributed by atoms with Crippen LogP contribution in [0.1, 0.15) is 5.56 Å². The number of halogens is 1. The van der Waals surface area contributed by atoms with Crippen molar-refractivity contribution < 1.29 is 13.8 Å². The van der Waals surface area contributed by atoms with Crippen molar-refractivity contribution in [2.24, 2.45) is 0 Å². The van der Waals surface area contributed by atoms with Gasteiger partial charge in [0.1, 0.15) is 6.33 Å². The van der Waals surface area contributed by atoms with Gasteiger partial charge in [-0.1, -0.05) is 30.3 Å². The van der Waals surface area contributed by atoms with Crippen LogP contribution in [0.4, 0.5) is 4.79 Å². The molecule has 2 rings (SSSR count). The zero-order chi connectivity index (χ0) is 12.8. The maximum atomic E-state index is 11.5. The summed E-state index contributed by atoms with van der Waals surface area (Å²) in [7, 11) is -1.77. The zero-order valence-corrected chi connectivity index (χ0v) is 10.9. The zero-order valence-electron chi connectivity index (χ0n) is 9.27. The van der Waals surface area contributed by atoms with Crippen LogP contribution in [0.3, 0.4) is 0 Å². The van der Waals surface area contributed by atoms with Gasteiger partial charge in [0.25, 0.3) is 0 Å². The van der Waals surface area contributed by atoms with Gasteiger partial charge in [0.2, 0.25) is 0 Å². The van der Waals surface area contributed by atoms with E-state index in [1.54, 1.807) is 0 Å². The summed E-state index contributed by atoms with van der Waals surface area (Å²) in [6.45, 7) is 0.299.